The zero-order valence-corrected chi connectivity index (χ0v) is 20.8. The molecule has 1 aliphatic heterocycles. The van der Waals surface area contributed by atoms with Crippen molar-refractivity contribution in [2.24, 2.45) is 0 Å². The van der Waals surface area contributed by atoms with Crippen LogP contribution in [0.4, 0.5) is 15.0 Å². The summed E-state index contributed by atoms with van der Waals surface area (Å²) in [5, 5.41) is 0.742. The number of carbonyl (C=O) groups is 1. The number of hydrogen-bond acceptors (Lipinski definition) is 6. The van der Waals surface area contributed by atoms with E-state index in [-0.39, 0.29) is 18.0 Å². The van der Waals surface area contributed by atoms with Gasteiger partial charge in [-0.05, 0) is 45.9 Å². The van der Waals surface area contributed by atoms with Crippen LogP contribution in [0.15, 0.2) is 61.2 Å². The maximum Gasteiger partial charge on any atom is 0.410 e. The molecule has 0 spiro atoms. The number of carbonyl (C=O) groups excluding carboxylic acids is 1. The molecule has 1 fully saturated rings. The number of benzene rings is 1. The molecule has 1 atom stereocenters. The van der Waals surface area contributed by atoms with Gasteiger partial charge in [0, 0.05) is 49.2 Å². The first-order valence-corrected chi connectivity index (χ1v) is 12.0. The van der Waals surface area contributed by atoms with Gasteiger partial charge in [-0.2, -0.15) is 0 Å². The molecule has 9 heteroatoms. The highest BCUT2D eigenvalue weighted by molar-refractivity contribution is 6.02. The number of piperazine rings is 1. The molecule has 0 N–H and O–H groups in total. The molecule has 0 bridgehead atoms. The predicted octanol–water partition coefficient (Wildman–Crippen LogP) is 5.07. The van der Waals surface area contributed by atoms with Crippen LogP contribution < -0.4 is 4.90 Å². The lowest BCUT2D eigenvalue weighted by molar-refractivity contribution is 0.0159. The van der Waals surface area contributed by atoms with Gasteiger partial charge in [-0.3, -0.25) is 4.57 Å². The van der Waals surface area contributed by atoms with Gasteiger partial charge < -0.3 is 14.5 Å². The van der Waals surface area contributed by atoms with Crippen molar-refractivity contribution in [1.82, 2.24) is 24.4 Å². The zero-order valence-electron chi connectivity index (χ0n) is 20.8. The van der Waals surface area contributed by atoms with E-state index in [0.29, 0.717) is 48.0 Å². The summed E-state index contributed by atoms with van der Waals surface area (Å²) in [6.45, 7) is 9.17. The molecule has 0 unspecified atom stereocenters. The van der Waals surface area contributed by atoms with Crippen LogP contribution in [0.2, 0.25) is 0 Å². The molecule has 1 saturated heterocycles. The van der Waals surface area contributed by atoms with Gasteiger partial charge in [-0.1, -0.05) is 24.3 Å². The van der Waals surface area contributed by atoms with Gasteiger partial charge in [0.05, 0.1) is 5.39 Å². The first-order valence-electron chi connectivity index (χ1n) is 12.0. The first kappa shape index (κ1) is 23.7. The number of hydrogen-bond donors (Lipinski definition) is 0. The van der Waals surface area contributed by atoms with Crippen LogP contribution in [-0.4, -0.2) is 61.8 Å². The monoisotopic (exact) mass is 488 g/mol. The van der Waals surface area contributed by atoms with Gasteiger partial charge >= 0.3 is 6.09 Å². The number of aromatic nitrogens is 4. The average molecular weight is 489 g/mol. The highest BCUT2D eigenvalue weighted by Gasteiger charge is 2.33. The normalized spacial score (nSPS) is 16.4. The van der Waals surface area contributed by atoms with Crippen LogP contribution in [0, 0.1) is 5.82 Å². The summed E-state index contributed by atoms with van der Waals surface area (Å²) >= 11 is 0. The average Bonchev–Trinajstić information content (AvgIpc) is 3.23. The van der Waals surface area contributed by atoms with Crippen molar-refractivity contribution < 1.29 is 13.9 Å². The van der Waals surface area contributed by atoms with E-state index in [4.69, 9.17) is 4.74 Å². The molecule has 186 valence electrons. The van der Waals surface area contributed by atoms with Gasteiger partial charge in [0.15, 0.2) is 5.65 Å². The summed E-state index contributed by atoms with van der Waals surface area (Å²) in [4.78, 5) is 30.3. The van der Waals surface area contributed by atoms with Crippen molar-refractivity contribution in [3.63, 3.8) is 0 Å². The van der Waals surface area contributed by atoms with E-state index in [1.165, 1.54) is 12.4 Å². The highest BCUT2D eigenvalue weighted by atomic mass is 19.1. The van der Waals surface area contributed by atoms with Crippen molar-refractivity contribution in [1.29, 1.82) is 0 Å². The molecular formula is C27H29FN6O2. The van der Waals surface area contributed by atoms with Gasteiger partial charge in [0.25, 0.3) is 0 Å². The third kappa shape index (κ3) is 4.48. The van der Waals surface area contributed by atoms with Crippen LogP contribution in [0.25, 0.3) is 28.0 Å². The molecule has 0 saturated carbocycles. The van der Waals surface area contributed by atoms with Gasteiger partial charge in [-0.25, -0.2) is 24.1 Å². The Labute approximate surface area is 209 Å². The molecule has 4 heterocycles. The van der Waals surface area contributed by atoms with E-state index >= 15 is 0 Å². The van der Waals surface area contributed by atoms with Crippen LogP contribution in [0.3, 0.4) is 0 Å². The van der Waals surface area contributed by atoms with Crippen LogP contribution in [0.1, 0.15) is 27.7 Å². The molecule has 5 rings (SSSR count). The van der Waals surface area contributed by atoms with E-state index in [0.717, 1.165) is 5.39 Å². The van der Waals surface area contributed by atoms with E-state index < -0.39 is 5.60 Å². The molecule has 0 aliphatic carbocycles. The second-order valence-corrected chi connectivity index (χ2v) is 9.95. The van der Waals surface area contributed by atoms with E-state index in [2.05, 4.69) is 19.9 Å². The number of fused-ring (bicyclic) bond motifs is 1. The molecule has 0 radical (unpaired) electrons. The molecule has 1 aromatic carbocycles. The minimum atomic E-state index is -0.560. The largest absolute Gasteiger partial charge is 0.444 e. The lowest BCUT2D eigenvalue weighted by Crippen LogP contribution is -2.55. The Balaban J connectivity index is 1.58. The SMILES string of the molecule is C[C@@H]1CN(c2ncnc3c2c(-c2ccccc2F)cn3-c2ccccn2)CCN1C(=O)OC(C)(C)C. The van der Waals surface area contributed by atoms with Crippen molar-refractivity contribution >= 4 is 22.9 Å². The predicted molar refractivity (Wildman–Crippen MR) is 137 cm³/mol. The molecule has 36 heavy (non-hydrogen) atoms. The zero-order chi connectivity index (χ0) is 25.4. The lowest BCUT2D eigenvalue weighted by atomic mass is 10.0. The maximum atomic E-state index is 15.0. The Bertz CT molecular complexity index is 1400. The van der Waals surface area contributed by atoms with Gasteiger partial charge in [-0.15, -0.1) is 0 Å². The van der Waals surface area contributed by atoms with Gasteiger partial charge in [0.1, 0.15) is 29.4 Å². The molecule has 1 amide bonds. The number of pyridine rings is 1. The number of rotatable bonds is 3. The third-order valence-corrected chi connectivity index (χ3v) is 6.18. The highest BCUT2D eigenvalue weighted by Crippen LogP contribution is 2.38. The fourth-order valence-electron chi connectivity index (χ4n) is 4.58. The quantitative estimate of drug-likeness (QED) is 0.401. The van der Waals surface area contributed by atoms with E-state index in [1.807, 2.05) is 62.7 Å². The van der Waals surface area contributed by atoms with Crippen LogP contribution >= 0.6 is 0 Å². The maximum absolute atomic E-state index is 15.0. The molecular weight excluding hydrogens is 459 g/mol. The summed E-state index contributed by atoms with van der Waals surface area (Å²) in [6, 6.07) is 12.2. The minimum absolute atomic E-state index is 0.103. The van der Waals surface area contributed by atoms with E-state index in [9.17, 15) is 9.18 Å². The number of anilines is 1. The Morgan fingerprint density at radius 2 is 1.81 bits per heavy atom. The second-order valence-electron chi connectivity index (χ2n) is 9.95. The standard InChI is InChI=1S/C27H29FN6O2/c1-18-15-32(13-14-33(18)26(35)36-27(2,3)4)24-23-20(19-9-5-6-10-21(19)28)16-34(25(23)31-17-30-24)22-11-7-8-12-29-22/h5-12,16-18H,13-15H2,1-4H3/t18-/m1/s1. The first-order chi connectivity index (χ1) is 17.2. The van der Waals surface area contributed by atoms with Gasteiger partial charge in [0.2, 0.25) is 0 Å². The van der Waals surface area contributed by atoms with Crippen molar-refractivity contribution in [3.05, 3.63) is 67.0 Å². The summed E-state index contributed by atoms with van der Waals surface area (Å²) in [7, 11) is 0. The topological polar surface area (TPSA) is 76.4 Å². The number of nitrogens with zero attached hydrogens (tertiary/aromatic N) is 6. The Morgan fingerprint density at radius 1 is 1.03 bits per heavy atom. The minimum Gasteiger partial charge on any atom is -0.444 e. The summed E-state index contributed by atoms with van der Waals surface area (Å²) in [5.41, 5.74) is 1.23. The summed E-state index contributed by atoms with van der Waals surface area (Å²) in [6.07, 6.45) is 4.77. The fourth-order valence-corrected chi connectivity index (χ4v) is 4.58. The number of ether oxygens (including phenoxy) is 1. The van der Waals surface area contributed by atoms with Crippen molar-refractivity contribution in [2.75, 3.05) is 24.5 Å². The molecule has 8 nitrogen and oxygen atoms in total. The smallest absolute Gasteiger partial charge is 0.410 e. The Kier molecular flexibility index (Phi) is 6.07. The summed E-state index contributed by atoms with van der Waals surface area (Å²) < 4.78 is 22.4. The second kappa shape index (κ2) is 9.22. The third-order valence-electron chi connectivity index (χ3n) is 6.18. The Hall–Kier alpha value is -4.01. The van der Waals surface area contributed by atoms with Crippen LogP contribution in [0.5, 0.6) is 0 Å². The van der Waals surface area contributed by atoms with Crippen molar-refractivity contribution in [3.8, 4) is 16.9 Å². The summed E-state index contributed by atoms with van der Waals surface area (Å²) in [5.74, 6) is 1.05. The molecule has 1 aliphatic rings. The Morgan fingerprint density at radius 3 is 2.50 bits per heavy atom. The van der Waals surface area contributed by atoms with E-state index in [1.54, 1.807) is 23.2 Å². The molecule has 4 aromatic rings. The lowest BCUT2D eigenvalue weighted by Gasteiger charge is -2.40. The fraction of sp³-hybridized carbons (Fsp3) is 0.333. The number of amides is 1. The van der Waals surface area contributed by atoms with Crippen LogP contribution in [-0.2, 0) is 4.74 Å². The van der Waals surface area contributed by atoms with Crippen molar-refractivity contribution in [2.45, 2.75) is 39.3 Å². The molecule has 3 aromatic heterocycles. The number of halogens is 1.